The first-order valence-electron chi connectivity index (χ1n) is 4.32. The Kier molecular flexibility index (Phi) is 3.37. The second-order valence-corrected chi connectivity index (χ2v) is 2.87. The second-order valence-electron chi connectivity index (χ2n) is 2.87. The Morgan fingerprint density at radius 1 is 1.60 bits per heavy atom. The molecule has 1 atom stereocenters. The Labute approximate surface area is 86.4 Å². The fourth-order valence-electron chi connectivity index (χ4n) is 0.993. The number of ether oxygens (including phenoxy) is 1. The first kappa shape index (κ1) is 11.2. The molecule has 82 valence electrons. The van der Waals surface area contributed by atoms with Crippen LogP contribution in [0.15, 0.2) is 6.20 Å². The summed E-state index contributed by atoms with van der Waals surface area (Å²) in [5.41, 5.74) is 0.0771. The molecular weight excluding hydrogens is 200 g/mol. The number of methoxy groups -OCH3 is 1. The molecule has 1 N–H and O–H groups in total. The van der Waals surface area contributed by atoms with E-state index in [1.54, 1.807) is 6.92 Å². The van der Waals surface area contributed by atoms with Crippen LogP contribution in [0.5, 0.6) is 0 Å². The zero-order valence-corrected chi connectivity index (χ0v) is 8.72. The zero-order chi connectivity index (χ0) is 11.4. The van der Waals surface area contributed by atoms with E-state index in [-0.39, 0.29) is 11.6 Å². The monoisotopic (exact) mass is 212 g/mol. The van der Waals surface area contributed by atoms with Crippen LogP contribution < -0.4 is 5.32 Å². The van der Waals surface area contributed by atoms with Crippen molar-refractivity contribution < 1.29 is 14.3 Å². The van der Waals surface area contributed by atoms with Gasteiger partial charge in [0.1, 0.15) is 6.04 Å². The van der Waals surface area contributed by atoms with Crippen molar-refractivity contribution in [1.82, 2.24) is 20.3 Å². The van der Waals surface area contributed by atoms with Gasteiger partial charge in [-0.15, -0.1) is 5.10 Å². The van der Waals surface area contributed by atoms with Crippen LogP contribution in [0.2, 0.25) is 0 Å². The highest BCUT2D eigenvalue weighted by molar-refractivity contribution is 5.86. The van der Waals surface area contributed by atoms with Crippen molar-refractivity contribution in [2.75, 3.05) is 14.2 Å². The Balaban J connectivity index is 2.84. The van der Waals surface area contributed by atoms with Gasteiger partial charge in [0.05, 0.1) is 13.3 Å². The van der Waals surface area contributed by atoms with Crippen LogP contribution >= 0.6 is 0 Å². The van der Waals surface area contributed by atoms with Crippen LogP contribution in [-0.4, -0.2) is 41.0 Å². The molecule has 1 amide bonds. The lowest BCUT2D eigenvalue weighted by Gasteiger charge is -2.08. The van der Waals surface area contributed by atoms with E-state index in [0.717, 1.165) is 0 Å². The van der Waals surface area contributed by atoms with Gasteiger partial charge in [-0.25, -0.2) is 9.48 Å². The summed E-state index contributed by atoms with van der Waals surface area (Å²) in [6, 6.07) is -0.513. The topological polar surface area (TPSA) is 86.1 Å². The lowest BCUT2D eigenvalue weighted by atomic mass is 10.3. The predicted octanol–water partition coefficient (Wildman–Crippen LogP) is -0.628. The van der Waals surface area contributed by atoms with E-state index in [0.29, 0.717) is 0 Å². The van der Waals surface area contributed by atoms with Crippen molar-refractivity contribution in [3.8, 4) is 0 Å². The van der Waals surface area contributed by atoms with Gasteiger partial charge < -0.3 is 10.1 Å². The molecule has 0 bridgehead atoms. The number of nitrogens with one attached hydrogen (secondary N) is 1. The largest absolute Gasteiger partial charge is 0.464 e. The summed E-state index contributed by atoms with van der Waals surface area (Å²) in [5, 5.41) is 9.71. The maximum atomic E-state index is 11.2. The number of hydrogen-bond acceptors (Lipinski definition) is 5. The summed E-state index contributed by atoms with van der Waals surface area (Å²) in [7, 11) is 2.78. The minimum Gasteiger partial charge on any atom is -0.464 e. The van der Waals surface area contributed by atoms with E-state index in [1.807, 2.05) is 0 Å². The third-order valence-corrected chi connectivity index (χ3v) is 1.93. The Morgan fingerprint density at radius 2 is 2.27 bits per heavy atom. The Hall–Kier alpha value is -1.92. The van der Waals surface area contributed by atoms with Crippen molar-refractivity contribution in [3.05, 3.63) is 11.9 Å². The van der Waals surface area contributed by atoms with Crippen LogP contribution in [0.1, 0.15) is 23.5 Å². The molecular formula is C8H12N4O3. The van der Waals surface area contributed by atoms with Gasteiger partial charge in [-0.05, 0) is 6.92 Å². The number of carbonyl (C=O) groups is 2. The van der Waals surface area contributed by atoms with Crippen molar-refractivity contribution in [2.24, 2.45) is 0 Å². The minimum absolute atomic E-state index is 0.0771. The molecule has 7 heteroatoms. The van der Waals surface area contributed by atoms with Gasteiger partial charge in [0, 0.05) is 7.05 Å². The van der Waals surface area contributed by atoms with E-state index in [2.05, 4.69) is 20.4 Å². The highest BCUT2D eigenvalue weighted by Gasteiger charge is 2.17. The summed E-state index contributed by atoms with van der Waals surface area (Å²) >= 11 is 0. The second kappa shape index (κ2) is 4.54. The summed E-state index contributed by atoms with van der Waals surface area (Å²) in [6.07, 6.45) is 1.37. The molecule has 1 unspecified atom stereocenters. The first-order valence-corrected chi connectivity index (χ1v) is 4.32. The van der Waals surface area contributed by atoms with E-state index < -0.39 is 12.0 Å². The van der Waals surface area contributed by atoms with Gasteiger partial charge in [-0.2, -0.15) is 0 Å². The van der Waals surface area contributed by atoms with Crippen molar-refractivity contribution >= 4 is 11.9 Å². The van der Waals surface area contributed by atoms with Gasteiger partial charge in [-0.1, -0.05) is 5.21 Å². The summed E-state index contributed by atoms with van der Waals surface area (Å²) < 4.78 is 5.76. The van der Waals surface area contributed by atoms with Gasteiger partial charge in [0.25, 0.3) is 0 Å². The highest BCUT2D eigenvalue weighted by atomic mass is 16.5. The molecule has 0 saturated carbocycles. The third kappa shape index (κ3) is 2.30. The summed E-state index contributed by atoms with van der Waals surface area (Å²) in [5.74, 6) is -0.790. The standard InChI is InChI=1S/C8H12N4O3/c1-5(7(13)9-2)12-4-6(10-11-12)8(14)15-3/h4-5H,1-3H3,(H,9,13). The molecule has 0 fully saturated rings. The molecule has 0 aliphatic heterocycles. The maximum Gasteiger partial charge on any atom is 0.360 e. The molecule has 1 rings (SSSR count). The van der Waals surface area contributed by atoms with Crippen molar-refractivity contribution in [2.45, 2.75) is 13.0 Å². The number of amides is 1. The molecule has 0 aliphatic carbocycles. The molecule has 0 aliphatic rings. The third-order valence-electron chi connectivity index (χ3n) is 1.93. The van der Waals surface area contributed by atoms with Gasteiger partial charge in [0.2, 0.25) is 5.91 Å². The summed E-state index contributed by atoms with van der Waals surface area (Å²) in [4.78, 5) is 22.3. The molecule has 0 spiro atoms. The highest BCUT2D eigenvalue weighted by Crippen LogP contribution is 2.04. The normalized spacial score (nSPS) is 11.9. The van der Waals surface area contributed by atoms with Gasteiger partial charge in [-0.3, -0.25) is 4.79 Å². The molecule has 1 aromatic rings. The van der Waals surface area contributed by atoms with Crippen molar-refractivity contribution in [1.29, 1.82) is 0 Å². The smallest absolute Gasteiger partial charge is 0.360 e. The first-order chi connectivity index (χ1) is 7.10. The molecule has 1 aromatic heterocycles. The number of likely N-dealkylation sites (N-methyl/N-ethyl adjacent to an activating group) is 1. The van der Waals surface area contributed by atoms with Crippen LogP contribution in [0, 0.1) is 0 Å². The molecule has 1 heterocycles. The van der Waals surface area contributed by atoms with E-state index in [1.165, 1.54) is 25.0 Å². The summed E-state index contributed by atoms with van der Waals surface area (Å²) in [6.45, 7) is 1.65. The fraction of sp³-hybridized carbons (Fsp3) is 0.500. The van der Waals surface area contributed by atoms with E-state index in [4.69, 9.17) is 0 Å². The fourth-order valence-corrected chi connectivity index (χ4v) is 0.993. The average Bonchev–Trinajstić information content (AvgIpc) is 2.75. The number of carbonyl (C=O) groups excluding carboxylic acids is 2. The molecule has 7 nitrogen and oxygen atoms in total. The number of aromatic nitrogens is 3. The van der Waals surface area contributed by atoms with Gasteiger partial charge >= 0.3 is 5.97 Å². The minimum atomic E-state index is -0.578. The molecule has 15 heavy (non-hydrogen) atoms. The zero-order valence-electron chi connectivity index (χ0n) is 8.72. The van der Waals surface area contributed by atoms with Crippen LogP contribution in [0.4, 0.5) is 0 Å². The number of nitrogens with zero attached hydrogens (tertiary/aromatic N) is 3. The van der Waals surface area contributed by atoms with Crippen LogP contribution in [-0.2, 0) is 9.53 Å². The van der Waals surface area contributed by atoms with E-state index in [9.17, 15) is 9.59 Å². The average molecular weight is 212 g/mol. The molecule has 0 saturated heterocycles. The lowest BCUT2D eigenvalue weighted by Crippen LogP contribution is -2.28. The van der Waals surface area contributed by atoms with E-state index >= 15 is 0 Å². The lowest BCUT2D eigenvalue weighted by molar-refractivity contribution is -0.123. The predicted molar refractivity (Wildman–Crippen MR) is 50.1 cm³/mol. The number of rotatable bonds is 3. The quantitative estimate of drug-likeness (QED) is 0.674. The number of esters is 1. The Bertz CT molecular complexity index is 374. The van der Waals surface area contributed by atoms with Crippen molar-refractivity contribution in [3.63, 3.8) is 0 Å². The maximum absolute atomic E-state index is 11.2. The van der Waals surface area contributed by atoms with Crippen LogP contribution in [0.3, 0.4) is 0 Å². The number of hydrogen-bond donors (Lipinski definition) is 1. The van der Waals surface area contributed by atoms with Gasteiger partial charge in [0.15, 0.2) is 5.69 Å². The molecule has 0 radical (unpaired) electrons. The Morgan fingerprint density at radius 3 is 2.80 bits per heavy atom. The molecule has 0 aromatic carbocycles. The van der Waals surface area contributed by atoms with Crippen LogP contribution in [0.25, 0.3) is 0 Å². The SMILES string of the molecule is CNC(=O)C(C)n1cc(C(=O)OC)nn1.